The lowest BCUT2D eigenvalue weighted by Crippen LogP contribution is -2.15. The van der Waals surface area contributed by atoms with Crippen molar-refractivity contribution in [2.24, 2.45) is 0 Å². The molecule has 70 valence electrons. The quantitative estimate of drug-likeness (QED) is 0.744. The van der Waals surface area contributed by atoms with E-state index in [4.69, 9.17) is 0 Å². The number of rotatable bonds is 0. The number of aliphatic hydroxyl groups excluding tert-OH is 1. The normalized spacial score (nSPS) is 19.2. The molecule has 0 amide bonds. The van der Waals surface area contributed by atoms with E-state index < -0.39 is 6.10 Å². The predicted molar refractivity (Wildman–Crippen MR) is 56.9 cm³/mol. The molecule has 1 atom stereocenters. The van der Waals surface area contributed by atoms with Gasteiger partial charge in [-0.25, -0.2) is 0 Å². The molecule has 1 unspecified atom stereocenters. The van der Waals surface area contributed by atoms with Gasteiger partial charge in [0, 0.05) is 11.1 Å². The Morgan fingerprint density at radius 3 is 2.71 bits per heavy atom. The van der Waals surface area contributed by atoms with Gasteiger partial charge in [0.1, 0.15) is 6.10 Å². The smallest absolute Gasteiger partial charge is 0.197 e. The average Bonchev–Trinajstić information content (AvgIpc) is 2.80. The maximum atomic E-state index is 11.7. The van der Waals surface area contributed by atoms with Crippen LogP contribution in [-0.4, -0.2) is 10.9 Å². The number of hydrogen-bond donors (Lipinski definition) is 1. The number of ketones is 1. The van der Waals surface area contributed by atoms with E-state index in [2.05, 4.69) is 0 Å². The largest absolute Gasteiger partial charge is 0.380 e. The minimum absolute atomic E-state index is 0.174. The number of carbonyl (C=O) groups excluding carboxylic acids is 1. The second-order valence-corrected chi connectivity index (χ2v) is 4.97. The SMILES string of the molecule is O=C1c2ccsc2-c2sccc2C1O. The Bertz CT molecular complexity index is 510. The molecule has 4 heteroatoms. The summed E-state index contributed by atoms with van der Waals surface area (Å²) in [6.45, 7) is 0. The summed E-state index contributed by atoms with van der Waals surface area (Å²) in [5.41, 5.74) is 1.42. The lowest BCUT2D eigenvalue weighted by Gasteiger charge is -2.16. The molecule has 3 rings (SSSR count). The van der Waals surface area contributed by atoms with Gasteiger partial charge in [-0.3, -0.25) is 4.79 Å². The third-order valence-corrected chi connectivity index (χ3v) is 4.38. The zero-order valence-electron chi connectivity index (χ0n) is 7.06. The average molecular weight is 222 g/mol. The Morgan fingerprint density at radius 2 is 1.86 bits per heavy atom. The molecule has 0 spiro atoms. The summed E-state index contributed by atoms with van der Waals surface area (Å²) in [5.74, 6) is -0.174. The van der Waals surface area contributed by atoms with Crippen LogP contribution in [0.1, 0.15) is 22.0 Å². The molecule has 1 aliphatic carbocycles. The van der Waals surface area contributed by atoms with Crippen LogP contribution in [0.3, 0.4) is 0 Å². The van der Waals surface area contributed by atoms with Crippen molar-refractivity contribution in [2.75, 3.05) is 0 Å². The molecule has 2 nitrogen and oxygen atoms in total. The van der Waals surface area contributed by atoms with Crippen molar-refractivity contribution in [3.05, 3.63) is 34.0 Å². The monoisotopic (exact) mass is 222 g/mol. The van der Waals surface area contributed by atoms with Crippen LogP contribution in [0.4, 0.5) is 0 Å². The fourth-order valence-electron chi connectivity index (χ4n) is 1.69. The third kappa shape index (κ3) is 0.904. The molecule has 2 aromatic rings. The van der Waals surface area contributed by atoms with Crippen molar-refractivity contribution >= 4 is 28.5 Å². The molecule has 1 aliphatic rings. The van der Waals surface area contributed by atoms with Crippen molar-refractivity contribution < 1.29 is 9.90 Å². The number of fused-ring (bicyclic) bond motifs is 3. The van der Waals surface area contributed by atoms with Crippen LogP contribution >= 0.6 is 22.7 Å². The lowest BCUT2D eigenvalue weighted by molar-refractivity contribution is 0.0745. The number of aliphatic hydroxyl groups is 1. The summed E-state index contributed by atoms with van der Waals surface area (Å²) in [7, 11) is 0. The van der Waals surface area contributed by atoms with E-state index in [0.29, 0.717) is 5.56 Å². The fraction of sp³-hybridized carbons (Fsp3) is 0.100. The van der Waals surface area contributed by atoms with Gasteiger partial charge in [0.25, 0.3) is 0 Å². The Labute approximate surface area is 88.4 Å². The van der Waals surface area contributed by atoms with E-state index in [9.17, 15) is 9.90 Å². The van der Waals surface area contributed by atoms with Gasteiger partial charge in [0.05, 0.1) is 9.75 Å². The number of thiophene rings is 2. The second kappa shape index (κ2) is 2.76. The maximum Gasteiger partial charge on any atom is 0.197 e. The number of Topliss-reactive ketones (excluding diaryl/α,β-unsaturated/α-hetero) is 1. The van der Waals surface area contributed by atoms with Gasteiger partial charge in [-0.05, 0) is 22.9 Å². The van der Waals surface area contributed by atoms with Gasteiger partial charge in [-0.1, -0.05) is 0 Å². The van der Waals surface area contributed by atoms with Crippen molar-refractivity contribution in [2.45, 2.75) is 6.10 Å². The Hall–Kier alpha value is -0.970. The van der Waals surface area contributed by atoms with E-state index in [0.717, 1.165) is 15.3 Å². The molecule has 1 N–H and O–H groups in total. The highest BCUT2D eigenvalue weighted by Crippen LogP contribution is 2.44. The van der Waals surface area contributed by atoms with Crippen LogP contribution in [0, 0.1) is 0 Å². The molecule has 2 heterocycles. The Balaban J connectivity index is 2.37. The van der Waals surface area contributed by atoms with Crippen molar-refractivity contribution in [3.8, 4) is 9.75 Å². The summed E-state index contributed by atoms with van der Waals surface area (Å²) in [4.78, 5) is 13.7. The van der Waals surface area contributed by atoms with E-state index in [-0.39, 0.29) is 5.78 Å². The number of hydrogen-bond acceptors (Lipinski definition) is 4. The van der Waals surface area contributed by atoms with Crippen LogP contribution in [0.2, 0.25) is 0 Å². The van der Waals surface area contributed by atoms with E-state index in [1.165, 1.54) is 0 Å². The highest BCUT2D eigenvalue weighted by molar-refractivity contribution is 7.21. The Morgan fingerprint density at radius 1 is 1.14 bits per heavy atom. The van der Waals surface area contributed by atoms with Crippen LogP contribution in [0.15, 0.2) is 22.9 Å². The molecule has 0 bridgehead atoms. The second-order valence-electron chi connectivity index (χ2n) is 3.14. The molecule has 14 heavy (non-hydrogen) atoms. The third-order valence-electron chi connectivity index (χ3n) is 2.38. The van der Waals surface area contributed by atoms with E-state index in [1.54, 1.807) is 28.7 Å². The standard InChI is InChI=1S/C10H6O2S2/c11-7-5-1-3-13-9(5)10-6(8(7)12)2-4-14-10/h1-4,7,11H. The van der Waals surface area contributed by atoms with Crippen molar-refractivity contribution in [1.82, 2.24) is 0 Å². The molecule has 0 aliphatic heterocycles. The van der Waals surface area contributed by atoms with Gasteiger partial charge >= 0.3 is 0 Å². The minimum atomic E-state index is -0.960. The lowest BCUT2D eigenvalue weighted by atomic mass is 9.94. The molecule has 0 saturated heterocycles. The number of carbonyl (C=O) groups is 1. The van der Waals surface area contributed by atoms with Gasteiger partial charge in [-0.2, -0.15) is 0 Å². The Kier molecular flexibility index (Phi) is 1.65. The van der Waals surface area contributed by atoms with Gasteiger partial charge < -0.3 is 5.11 Å². The van der Waals surface area contributed by atoms with E-state index >= 15 is 0 Å². The molecule has 2 aromatic heterocycles. The highest BCUT2D eigenvalue weighted by Gasteiger charge is 2.32. The molecular weight excluding hydrogens is 216 g/mol. The molecule has 0 aromatic carbocycles. The summed E-state index contributed by atoms with van der Waals surface area (Å²) in [6, 6.07) is 3.61. The molecule has 0 fully saturated rings. The van der Waals surface area contributed by atoms with Gasteiger partial charge in [0.15, 0.2) is 5.78 Å². The zero-order valence-corrected chi connectivity index (χ0v) is 8.69. The molecular formula is C10H6O2S2. The first kappa shape index (κ1) is 8.35. The fourth-order valence-corrected chi connectivity index (χ4v) is 3.72. The first-order chi connectivity index (χ1) is 6.79. The summed E-state index contributed by atoms with van der Waals surface area (Å²) in [6.07, 6.45) is -0.960. The zero-order chi connectivity index (χ0) is 9.71. The maximum absolute atomic E-state index is 11.7. The van der Waals surface area contributed by atoms with Crippen LogP contribution < -0.4 is 0 Å². The van der Waals surface area contributed by atoms with Crippen LogP contribution in [0.5, 0.6) is 0 Å². The molecule has 0 radical (unpaired) electrons. The van der Waals surface area contributed by atoms with E-state index in [1.807, 2.05) is 16.8 Å². The summed E-state index contributed by atoms with van der Waals surface area (Å²) < 4.78 is 0. The summed E-state index contributed by atoms with van der Waals surface area (Å²) in [5, 5.41) is 13.6. The predicted octanol–water partition coefficient (Wildman–Crippen LogP) is 2.71. The first-order valence-electron chi connectivity index (χ1n) is 4.16. The van der Waals surface area contributed by atoms with Crippen LogP contribution in [0.25, 0.3) is 9.75 Å². The van der Waals surface area contributed by atoms with Gasteiger partial charge in [0.2, 0.25) is 0 Å². The first-order valence-corrected chi connectivity index (χ1v) is 5.92. The van der Waals surface area contributed by atoms with Crippen molar-refractivity contribution in [3.63, 3.8) is 0 Å². The minimum Gasteiger partial charge on any atom is -0.380 e. The molecule has 0 saturated carbocycles. The summed E-state index contributed by atoms with van der Waals surface area (Å²) >= 11 is 3.13. The highest BCUT2D eigenvalue weighted by atomic mass is 32.1. The van der Waals surface area contributed by atoms with Crippen LogP contribution in [-0.2, 0) is 0 Å². The van der Waals surface area contributed by atoms with Gasteiger partial charge in [-0.15, -0.1) is 22.7 Å². The topological polar surface area (TPSA) is 37.3 Å². The van der Waals surface area contributed by atoms with Crippen molar-refractivity contribution in [1.29, 1.82) is 0 Å².